The number of aryl methyl sites for hydroxylation is 2. The zero-order valence-electron chi connectivity index (χ0n) is 11.2. The van der Waals surface area contributed by atoms with Crippen LogP contribution in [0.4, 0.5) is 5.69 Å². The fraction of sp³-hybridized carbons (Fsp3) is 0.500. The van der Waals surface area contributed by atoms with Crippen LogP contribution in [0.25, 0.3) is 0 Å². The molecule has 8 heteroatoms. The van der Waals surface area contributed by atoms with Crippen LogP contribution >= 0.6 is 0 Å². The van der Waals surface area contributed by atoms with Crippen LogP contribution in [-0.2, 0) is 10.0 Å². The van der Waals surface area contributed by atoms with Gasteiger partial charge in [-0.3, -0.25) is 10.1 Å². The van der Waals surface area contributed by atoms with Crippen molar-refractivity contribution in [1.29, 1.82) is 0 Å². The third-order valence-electron chi connectivity index (χ3n) is 3.52. The van der Waals surface area contributed by atoms with Crippen LogP contribution < -0.4 is 0 Å². The first-order valence-electron chi connectivity index (χ1n) is 6.17. The maximum absolute atomic E-state index is 12.5. The lowest BCUT2D eigenvalue weighted by molar-refractivity contribution is -0.387. The van der Waals surface area contributed by atoms with Crippen molar-refractivity contribution < 1.29 is 18.4 Å². The summed E-state index contributed by atoms with van der Waals surface area (Å²) in [6, 6.07) is 2.60. The maximum Gasteiger partial charge on any atom is 0.289 e. The molecule has 1 aliphatic heterocycles. The normalized spacial score (nSPS) is 20.2. The van der Waals surface area contributed by atoms with Crippen molar-refractivity contribution in [2.75, 3.05) is 13.1 Å². The molecule has 1 saturated heterocycles. The van der Waals surface area contributed by atoms with E-state index in [1.54, 1.807) is 13.8 Å². The quantitative estimate of drug-likeness (QED) is 0.662. The fourth-order valence-electron chi connectivity index (χ4n) is 2.19. The molecule has 7 nitrogen and oxygen atoms in total. The highest BCUT2D eigenvalue weighted by Gasteiger charge is 2.36. The SMILES string of the molecule is Cc1cc([N+](=O)[O-])c(S(=O)(=O)N2CCC(O)C2)cc1C. The van der Waals surface area contributed by atoms with Crippen LogP contribution in [0.15, 0.2) is 17.0 Å². The van der Waals surface area contributed by atoms with E-state index in [1.807, 2.05) is 0 Å². The van der Waals surface area contributed by atoms with Gasteiger partial charge in [-0.05, 0) is 37.5 Å². The van der Waals surface area contributed by atoms with Crippen molar-refractivity contribution in [3.05, 3.63) is 33.4 Å². The second-order valence-electron chi connectivity index (χ2n) is 4.97. The molecule has 0 bridgehead atoms. The molecule has 1 fully saturated rings. The molecule has 0 saturated carbocycles. The largest absolute Gasteiger partial charge is 0.392 e. The van der Waals surface area contributed by atoms with Gasteiger partial charge in [-0.15, -0.1) is 0 Å². The van der Waals surface area contributed by atoms with E-state index in [0.29, 0.717) is 17.5 Å². The molecule has 2 rings (SSSR count). The van der Waals surface area contributed by atoms with Gasteiger partial charge in [0.05, 0.1) is 11.0 Å². The van der Waals surface area contributed by atoms with Gasteiger partial charge in [0.15, 0.2) is 4.90 Å². The summed E-state index contributed by atoms with van der Waals surface area (Å²) >= 11 is 0. The van der Waals surface area contributed by atoms with Crippen LogP contribution in [0.3, 0.4) is 0 Å². The molecule has 1 heterocycles. The number of sulfonamides is 1. The summed E-state index contributed by atoms with van der Waals surface area (Å²) in [5.74, 6) is 0. The highest BCUT2D eigenvalue weighted by Crippen LogP contribution is 2.31. The molecule has 0 amide bonds. The molecular formula is C12H16N2O5S. The average Bonchev–Trinajstić information content (AvgIpc) is 2.79. The van der Waals surface area contributed by atoms with E-state index >= 15 is 0 Å². The topological polar surface area (TPSA) is 101 Å². The number of benzene rings is 1. The van der Waals surface area contributed by atoms with Gasteiger partial charge in [0.2, 0.25) is 10.0 Å². The lowest BCUT2D eigenvalue weighted by Crippen LogP contribution is -2.30. The Bertz CT molecular complexity index is 656. The number of β-amino-alcohol motifs (C(OH)–C–C–N with tert-alkyl or cyclic N) is 1. The Kier molecular flexibility index (Phi) is 3.81. The Morgan fingerprint density at radius 2 is 1.95 bits per heavy atom. The summed E-state index contributed by atoms with van der Waals surface area (Å²) < 4.78 is 26.1. The number of nitrogens with zero attached hydrogens (tertiary/aromatic N) is 2. The molecule has 1 aromatic carbocycles. The van der Waals surface area contributed by atoms with E-state index in [1.165, 1.54) is 12.1 Å². The lowest BCUT2D eigenvalue weighted by Gasteiger charge is -2.16. The summed E-state index contributed by atoms with van der Waals surface area (Å²) in [7, 11) is -3.95. The molecule has 0 aliphatic carbocycles. The molecule has 0 radical (unpaired) electrons. The molecule has 1 atom stereocenters. The summed E-state index contributed by atoms with van der Waals surface area (Å²) in [6.07, 6.45) is -0.368. The monoisotopic (exact) mass is 300 g/mol. The maximum atomic E-state index is 12.5. The molecule has 1 N–H and O–H groups in total. The number of nitro benzene ring substituents is 1. The number of rotatable bonds is 3. The number of nitro groups is 1. The standard InChI is InChI=1S/C12H16N2O5S/c1-8-5-11(14(16)17)12(6-9(8)2)20(18,19)13-4-3-10(15)7-13/h5-6,10,15H,3-4,7H2,1-2H3. The Hall–Kier alpha value is -1.51. The van der Waals surface area contributed by atoms with Crippen molar-refractivity contribution in [3.63, 3.8) is 0 Å². The van der Waals surface area contributed by atoms with E-state index in [4.69, 9.17) is 0 Å². The minimum absolute atomic E-state index is 0.0214. The van der Waals surface area contributed by atoms with Gasteiger partial charge in [-0.25, -0.2) is 8.42 Å². The second-order valence-corrected chi connectivity index (χ2v) is 6.87. The molecule has 0 spiro atoms. The predicted molar refractivity (Wildman–Crippen MR) is 72.0 cm³/mol. The minimum atomic E-state index is -3.95. The highest BCUT2D eigenvalue weighted by molar-refractivity contribution is 7.89. The van der Waals surface area contributed by atoms with Gasteiger partial charge >= 0.3 is 0 Å². The van der Waals surface area contributed by atoms with Crippen LogP contribution in [0.1, 0.15) is 17.5 Å². The zero-order valence-corrected chi connectivity index (χ0v) is 12.1. The molecule has 0 aromatic heterocycles. The first kappa shape index (κ1) is 14.9. The van der Waals surface area contributed by atoms with Gasteiger partial charge in [0.1, 0.15) is 0 Å². The van der Waals surface area contributed by atoms with Crippen molar-refractivity contribution in [2.24, 2.45) is 0 Å². The third-order valence-corrected chi connectivity index (χ3v) is 5.41. The summed E-state index contributed by atoms with van der Waals surface area (Å²) in [6.45, 7) is 3.55. The van der Waals surface area contributed by atoms with Crippen molar-refractivity contribution in [3.8, 4) is 0 Å². The summed E-state index contributed by atoms with van der Waals surface area (Å²) in [5.41, 5.74) is 0.917. The van der Waals surface area contributed by atoms with Gasteiger partial charge < -0.3 is 5.11 Å². The van der Waals surface area contributed by atoms with Crippen molar-refractivity contribution >= 4 is 15.7 Å². The molecule has 1 aliphatic rings. The Morgan fingerprint density at radius 3 is 2.45 bits per heavy atom. The first-order valence-corrected chi connectivity index (χ1v) is 7.61. The molecule has 1 aromatic rings. The lowest BCUT2D eigenvalue weighted by atomic mass is 10.1. The highest BCUT2D eigenvalue weighted by atomic mass is 32.2. The van der Waals surface area contributed by atoms with Crippen molar-refractivity contribution in [1.82, 2.24) is 4.31 Å². The number of aliphatic hydroxyl groups excluding tert-OH is 1. The van der Waals surface area contributed by atoms with E-state index in [-0.39, 0.29) is 18.0 Å². The third kappa shape index (κ3) is 2.54. The number of hydrogen-bond acceptors (Lipinski definition) is 5. The van der Waals surface area contributed by atoms with Gasteiger partial charge in [-0.2, -0.15) is 4.31 Å². The van der Waals surface area contributed by atoms with Gasteiger partial charge in [0.25, 0.3) is 5.69 Å². The van der Waals surface area contributed by atoms with Crippen molar-refractivity contribution in [2.45, 2.75) is 31.3 Å². The molecular weight excluding hydrogens is 284 g/mol. The van der Waals surface area contributed by atoms with Crippen LogP contribution in [0, 0.1) is 24.0 Å². The van der Waals surface area contributed by atoms with Gasteiger partial charge in [-0.1, -0.05) is 0 Å². The van der Waals surface area contributed by atoms with Crippen LogP contribution in [0.5, 0.6) is 0 Å². The predicted octanol–water partition coefficient (Wildman–Crippen LogP) is 0.967. The van der Waals surface area contributed by atoms with E-state index < -0.39 is 26.7 Å². The zero-order chi connectivity index (χ0) is 15.1. The fourth-order valence-corrected chi connectivity index (χ4v) is 3.91. The number of aliphatic hydroxyl groups is 1. The molecule has 110 valence electrons. The van der Waals surface area contributed by atoms with E-state index in [9.17, 15) is 23.6 Å². The number of hydrogen-bond donors (Lipinski definition) is 1. The van der Waals surface area contributed by atoms with Gasteiger partial charge in [0, 0.05) is 19.2 Å². The van der Waals surface area contributed by atoms with E-state index in [2.05, 4.69) is 0 Å². The minimum Gasteiger partial charge on any atom is -0.392 e. The molecule has 20 heavy (non-hydrogen) atoms. The molecule has 1 unspecified atom stereocenters. The smallest absolute Gasteiger partial charge is 0.289 e. The summed E-state index contributed by atoms with van der Waals surface area (Å²) in [4.78, 5) is 10.1. The van der Waals surface area contributed by atoms with Crippen LogP contribution in [-0.4, -0.2) is 41.9 Å². The second kappa shape index (κ2) is 5.12. The summed E-state index contributed by atoms with van der Waals surface area (Å²) in [5, 5.41) is 20.5. The Labute approximate surface area is 117 Å². The first-order chi connectivity index (χ1) is 9.23. The van der Waals surface area contributed by atoms with E-state index in [0.717, 1.165) is 4.31 Å². The Balaban J connectivity index is 2.56. The average molecular weight is 300 g/mol. The Morgan fingerprint density at radius 1 is 1.35 bits per heavy atom. The van der Waals surface area contributed by atoms with Crippen LogP contribution in [0.2, 0.25) is 0 Å².